The third-order valence-corrected chi connectivity index (χ3v) is 1.76. The van der Waals surface area contributed by atoms with Crippen LogP contribution in [-0.4, -0.2) is 29.9 Å². The topological polar surface area (TPSA) is 64.7 Å². The lowest BCUT2D eigenvalue weighted by Gasteiger charge is -2.00. The highest BCUT2D eigenvalue weighted by molar-refractivity contribution is 9.10. The molecule has 1 heterocycles. The van der Waals surface area contributed by atoms with E-state index in [1.807, 2.05) is 6.07 Å². The summed E-state index contributed by atoms with van der Waals surface area (Å²) in [7, 11) is 3.48. The van der Waals surface area contributed by atoms with Crippen LogP contribution in [0.4, 0.5) is 0 Å². The lowest BCUT2D eigenvalue weighted by Crippen LogP contribution is -2.03. The summed E-state index contributed by atoms with van der Waals surface area (Å²) in [6.45, 7) is 0. The first-order valence-electron chi connectivity index (χ1n) is 3.89. The van der Waals surface area contributed by atoms with Gasteiger partial charge in [-0.15, -0.1) is 5.11 Å². The SMILES string of the molecule is CN(C)/N=N\C(=N)c1ccc(Br)cn1. The van der Waals surface area contributed by atoms with Gasteiger partial charge in [-0.1, -0.05) is 5.22 Å². The van der Waals surface area contributed by atoms with Crippen molar-refractivity contribution in [1.29, 1.82) is 5.41 Å². The molecule has 1 aromatic rings. The van der Waals surface area contributed by atoms with Gasteiger partial charge in [-0.25, -0.2) is 0 Å². The summed E-state index contributed by atoms with van der Waals surface area (Å²) in [5.74, 6) is 0.0474. The monoisotopic (exact) mass is 255 g/mol. The number of nitrogens with one attached hydrogen (secondary N) is 1. The smallest absolute Gasteiger partial charge is 0.194 e. The Morgan fingerprint density at radius 2 is 2.21 bits per heavy atom. The molecule has 1 aromatic heterocycles. The van der Waals surface area contributed by atoms with Crippen molar-refractivity contribution >= 4 is 21.8 Å². The Hall–Kier alpha value is -1.30. The maximum absolute atomic E-state index is 7.53. The molecule has 6 heteroatoms. The fourth-order valence-electron chi connectivity index (χ4n) is 0.701. The van der Waals surface area contributed by atoms with Gasteiger partial charge in [0.1, 0.15) is 5.69 Å². The molecule has 14 heavy (non-hydrogen) atoms. The van der Waals surface area contributed by atoms with Crippen LogP contribution in [0.5, 0.6) is 0 Å². The molecule has 0 amide bonds. The molecule has 0 radical (unpaired) electrons. The number of aromatic nitrogens is 1. The summed E-state index contributed by atoms with van der Waals surface area (Å²) >= 11 is 3.26. The zero-order chi connectivity index (χ0) is 10.6. The number of hydrogen-bond acceptors (Lipinski definition) is 3. The van der Waals surface area contributed by atoms with Crippen molar-refractivity contribution in [1.82, 2.24) is 9.99 Å². The van der Waals surface area contributed by atoms with Crippen molar-refractivity contribution in [3.8, 4) is 0 Å². The second kappa shape index (κ2) is 4.80. The van der Waals surface area contributed by atoms with Crippen molar-refractivity contribution in [3.63, 3.8) is 0 Å². The standard InChI is InChI=1S/C8H10BrN5/c1-14(2)13-12-8(10)7-4-3-6(9)5-11-7/h3-5,10H,1-2H3/b10-8?,13-12-. The molecular formula is C8H10BrN5. The predicted molar refractivity (Wildman–Crippen MR) is 57.3 cm³/mol. The third kappa shape index (κ3) is 3.21. The fourth-order valence-corrected chi connectivity index (χ4v) is 0.936. The number of pyridine rings is 1. The van der Waals surface area contributed by atoms with E-state index in [4.69, 9.17) is 5.41 Å². The van der Waals surface area contributed by atoms with Gasteiger partial charge < -0.3 is 0 Å². The second-order valence-corrected chi connectivity index (χ2v) is 3.66. The van der Waals surface area contributed by atoms with Crippen LogP contribution in [0.25, 0.3) is 0 Å². The average Bonchev–Trinajstić information content (AvgIpc) is 2.15. The van der Waals surface area contributed by atoms with Crippen molar-refractivity contribution < 1.29 is 0 Å². The number of halogens is 1. The molecule has 5 nitrogen and oxygen atoms in total. The van der Waals surface area contributed by atoms with Gasteiger partial charge in [-0.3, -0.25) is 15.4 Å². The Labute approximate surface area is 90.5 Å². The normalized spacial score (nSPS) is 10.5. The molecule has 0 aliphatic carbocycles. The number of amidine groups is 1. The van der Waals surface area contributed by atoms with Crippen LogP contribution < -0.4 is 0 Å². The maximum Gasteiger partial charge on any atom is 0.194 e. The molecule has 0 spiro atoms. The van der Waals surface area contributed by atoms with Crippen LogP contribution in [0.2, 0.25) is 0 Å². The van der Waals surface area contributed by atoms with Gasteiger partial charge in [0.2, 0.25) is 0 Å². The molecule has 74 valence electrons. The molecule has 0 saturated heterocycles. The van der Waals surface area contributed by atoms with Crippen LogP contribution in [0.3, 0.4) is 0 Å². The molecule has 1 N–H and O–H groups in total. The molecular weight excluding hydrogens is 246 g/mol. The van der Waals surface area contributed by atoms with E-state index >= 15 is 0 Å². The van der Waals surface area contributed by atoms with E-state index < -0.39 is 0 Å². The summed E-state index contributed by atoms with van der Waals surface area (Å²) in [4.78, 5) is 4.01. The van der Waals surface area contributed by atoms with Crippen LogP contribution >= 0.6 is 15.9 Å². The molecule has 0 unspecified atom stereocenters. The lowest BCUT2D eigenvalue weighted by molar-refractivity contribution is 0.410. The minimum atomic E-state index is 0.0474. The Morgan fingerprint density at radius 3 is 2.71 bits per heavy atom. The Balaban J connectivity index is 2.75. The number of hydrogen-bond donors (Lipinski definition) is 1. The van der Waals surface area contributed by atoms with E-state index in [-0.39, 0.29) is 5.84 Å². The van der Waals surface area contributed by atoms with Crippen molar-refractivity contribution in [3.05, 3.63) is 28.5 Å². The van der Waals surface area contributed by atoms with E-state index in [0.717, 1.165) is 4.47 Å². The highest BCUT2D eigenvalue weighted by Crippen LogP contribution is 2.08. The van der Waals surface area contributed by atoms with Gasteiger partial charge >= 0.3 is 0 Å². The van der Waals surface area contributed by atoms with Crippen LogP contribution in [0, 0.1) is 5.41 Å². The van der Waals surface area contributed by atoms with Gasteiger partial charge in [0.25, 0.3) is 0 Å². The second-order valence-electron chi connectivity index (χ2n) is 2.75. The Kier molecular flexibility index (Phi) is 3.70. The van der Waals surface area contributed by atoms with Crippen molar-refractivity contribution in [2.75, 3.05) is 14.1 Å². The molecule has 0 fully saturated rings. The largest absolute Gasteiger partial charge is 0.285 e. The summed E-state index contributed by atoms with van der Waals surface area (Å²) in [6, 6.07) is 3.52. The number of nitrogens with zero attached hydrogens (tertiary/aromatic N) is 4. The van der Waals surface area contributed by atoms with Crippen LogP contribution in [-0.2, 0) is 0 Å². The van der Waals surface area contributed by atoms with Gasteiger partial charge in [-0.2, -0.15) is 0 Å². The van der Waals surface area contributed by atoms with E-state index in [9.17, 15) is 0 Å². The van der Waals surface area contributed by atoms with E-state index in [1.165, 1.54) is 5.01 Å². The van der Waals surface area contributed by atoms with Gasteiger partial charge in [0.15, 0.2) is 5.84 Å². The summed E-state index contributed by atoms with van der Waals surface area (Å²) < 4.78 is 0.874. The van der Waals surface area contributed by atoms with Gasteiger partial charge in [0, 0.05) is 24.8 Å². The van der Waals surface area contributed by atoms with E-state index in [2.05, 4.69) is 31.3 Å². The molecule has 0 aliphatic rings. The molecule has 0 bridgehead atoms. The molecule has 0 saturated carbocycles. The molecule has 0 aliphatic heterocycles. The Morgan fingerprint density at radius 1 is 1.50 bits per heavy atom. The first-order valence-corrected chi connectivity index (χ1v) is 4.68. The Bertz CT molecular complexity index is 343. The van der Waals surface area contributed by atoms with Gasteiger partial charge in [-0.05, 0) is 28.1 Å². The molecule has 0 atom stereocenters. The predicted octanol–water partition coefficient (Wildman–Crippen LogP) is 2.10. The van der Waals surface area contributed by atoms with E-state index in [0.29, 0.717) is 5.69 Å². The summed E-state index contributed by atoms with van der Waals surface area (Å²) in [5, 5.41) is 16.4. The zero-order valence-corrected chi connectivity index (χ0v) is 9.48. The molecule has 1 rings (SSSR count). The highest BCUT2D eigenvalue weighted by Gasteiger charge is 2.00. The van der Waals surface area contributed by atoms with Crippen LogP contribution in [0.1, 0.15) is 5.69 Å². The van der Waals surface area contributed by atoms with Crippen molar-refractivity contribution in [2.45, 2.75) is 0 Å². The summed E-state index contributed by atoms with van der Waals surface area (Å²) in [5.41, 5.74) is 0.499. The van der Waals surface area contributed by atoms with Gasteiger partial charge in [0.05, 0.1) is 0 Å². The van der Waals surface area contributed by atoms with Crippen molar-refractivity contribution in [2.24, 2.45) is 10.3 Å². The number of rotatable bonds is 2. The fraction of sp³-hybridized carbons (Fsp3) is 0.250. The van der Waals surface area contributed by atoms with E-state index in [1.54, 1.807) is 26.4 Å². The lowest BCUT2D eigenvalue weighted by atomic mass is 10.3. The quantitative estimate of drug-likeness (QED) is 0.381. The van der Waals surface area contributed by atoms with Crippen LogP contribution in [0.15, 0.2) is 33.1 Å². The third-order valence-electron chi connectivity index (χ3n) is 1.29. The zero-order valence-electron chi connectivity index (χ0n) is 7.90. The minimum absolute atomic E-state index is 0.0474. The summed E-state index contributed by atoms with van der Waals surface area (Å²) in [6.07, 6.45) is 1.62. The first kappa shape index (κ1) is 10.8. The molecule has 0 aromatic carbocycles. The minimum Gasteiger partial charge on any atom is -0.285 e. The highest BCUT2D eigenvalue weighted by atomic mass is 79.9. The average molecular weight is 256 g/mol. The first-order chi connectivity index (χ1) is 6.59. The maximum atomic E-state index is 7.53.